The number of ether oxygens (including phenoxy) is 2. The van der Waals surface area contributed by atoms with E-state index < -0.39 is 5.97 Å². The highest BCUT2D eigenvalue weighted by molar-refractivity contribution is 6.31. The summed E-state index contributed by atoms with van der Waals surface area (Å²) >= 11 is 6.22. The SMILES string of the molecule is CC1(C)COc2cc(Cl)c(CCCC(=O)O)cc2OC1. The van der Waals surface area contributed by atoms with Crippen molar-refractivity contribution in [1.82, 2.24) is 0 Å². The zero-order valence-electron chi connectivity index (χ0n) is 11.7. The maximum atomic E-state index is 10.5. The van der Waals surface area contributed by atoms with Gasteiger partial charge >= 0.3 is 5.97 Å². The van der Waals surface area contributed by atoms with E-state index in [0.717, 1.165) is 5.56 Å². The lowest BCUT2D eigenvalue weighted by molar-refractivity contribution is -0.137. The van der Waals surface area contributed by atoms with Crippen LogP contribution in [0.15, 0.2) is 12.1 Å². The molecule has 0 saturated carbocycles. The van der Waals surface area contributed by atoms with Gasteiger partial charge in [-0.3, -0.25) is 4.79 Å². The summed E-state index contributed by atoms with van der Waals surface area (Å²) in [4.78, 5) is 10.5. The molecule has 0 unspecified atom stereocenters. The average molecular weight is 299 g/mol. The van der Waals surface area contributed by atoms with Gasteiger partial charge in [-0.25, -0.2) is 0 Å². The molecule has 2 rings (SSSR count). The Morgan fingerprint density at radius 3 is 2.50 bits per heavy atom. The fraction of sp³-hybridized carbons (Fsp3) is 0.533. The van der Waals surface area contributed by atoms with Crippen LogP contribution >= 0.6 is 11.6 Å². The van der Waals surface area contributed by atoms with E-state index in [0.29, 0.717) is 42.6 Å². The van der Waals surface area contributed by atoms with E-state index in [2.05, 4.69) is 13.8 Å². The molecule has 0 atom stereocenters. The van der Waals surface area contributed by atoms with Crippen molar-refractivity contribution < 1.29 is 19.4 Å². The monoisotopic (exact) mass is 298 g/mol. The summed E-state index contributed by atoms with van der Waals surface area (Å²) in [7, 11) is 0. The molecular weight excluding hydrogens is 280 g/mol. The summed E-state index contributed by atoms with van der Waals surface area (Å²) in [6, 6.07) is 3.62. The standard InChI is InChI=1S/C15H19ClO4/c1-15(2)8-19-12-6-10(4-3-5-14(17)18)11(16)7-13(12)20-9-15/h6-7H,3-5,8-9H2,1-2H3,(H,17,18). The number of rotatable bonds is 4. The lowest BCUT2D eigenvalue weighted by Gasteiger charge is -2.19. The Labute approximate surface area is 123 Å². The topological polar surface area (TPSA) is 55.8 Å². The third kappa shape index (κ3) is 3.79. The quantitative estimate of drug-likeness (QED) is 0.923. The molecule has 0 radical (unpaired) electrons. The van der Waals surface area contributed by atoms with Crippen molar-refractivity contribution in [2.24, 2.45) is 5.41 Å². The summed E-state index contributed by atoms with van der Waals surface area (Å²) in [5.74, 6) is 0.546. The average Bonchev–Trinajstić information content (AvgIpc) is 2.49. The van der Waals surface area contributed by atoms with Gasteiger partial charge in [0.05, 0.1) is 13.2 Å². The van der Waals surface area contributed by atoms with Crippen LogP contribution in [0, 0.1) is 5.41 Å². The first kappa shape index (κ1) is 15.0. The maximum Gasteiger partial charge on any atom is 0.303 e. The second-order valence-electron chi connectivity index (χ2n) is 5.88. The van der Waals surface area contributed by atoms with Crippen LogP contribution in [0.25, 0.3) is 0 Å². The van der Waals surface area contributed by atoms with Crippen molar-refractivity contribution in [3.63, 3.8) is 0 Å². The first-order valence-corrected chi connectivity index (χ1v) is 7.05. The number of carboxylic acid groups (broad SMARTS) is 1. The first-order chi connectivity index (χ1) is 9.37. The Balaban J connectivity index is 2.14. The van der Waals surface area contributed by atoms with Crippen LogP contribution in [-0.4, -0.2) is 24.3 Å². The zero-order chi connectivity index (χ0) is 14.8. The Kier molecular flexibility index (Phi) is 4.43. The van der Waals surface area contributed by atoms with Crippen LogP contribution in [0.2, 0.25) is 5.02 Å². The summed E-state index contributed by atoms with van der Waals surface area (Å²) in [6.07, 6.45) is 1.31. The van der Waals surface area contributed by atoms with Crippen LogP contribution in [0.1, 0.15) is 32.3 Å². The summed E-state index contributed by atoms with van der Waals surface area (Å²) < 4.78 is 11.5. The van der Waals surface area contributed by atoms with E-state index >= 15 is 0 Å². The van der Waals surface area contributed by atoms with Crippen LogP contribution < -0.4 is 9.47 Å². The van der Waals surface area contributed by atoms with Gasteiger partial charge in [-0.15, -0.1) is 0 Å². The van der Waals surface area contributed by atoms with E-state index in [4.69, 9.17) is 26.2 Å². The van der Waals surface area contributed by atoms with Crippen LogP contribution in [0.3, 0.4) is 0 Å². The van der Waals surface area contributed by atoms with Crippen molar-refractivity contribution in [1.29, 1.82) is 0 Å². The van der Waals surface area contributed by atoms with Crippen molar-refractivity contribution in [2.45, 2.75) is 33.1 Å². The maximum absolute atomic E-state index is 10.5. The molecule has 0 amide bonds. The number of aryl methyl sites for hydroxylation is 1. The van der Waals surface area contributed by atoms with Gasteiger partial charge in [0.15, 0.2) is 11.5 Å². The van der Waals surface area contributed by atoms with E-state index in [1.165, 1.54) is 0 Å². The van der Waals surface area contributed by atoms with Crippen LogP contribution in [0.4, 0.5) is 0 Å². The minimum Gasteiger partial charge on any atom is -0.489 e. The number of fused-ring (bicyclic) bond motifs is 1. The number of hydrogen-bond donors (Lipinski definition) is 1. The highest BCUT2D eigenvalue weighted by Gasteiger charge is 2.25. The minimum atomic E-state index is -0.794. The number of carbonyl (C=O) groups is 1. The lowest BCUT2D eigenvalue weighted by Crippen LogP contribution is -2.26. The number of aliphatic carboxylic acids is 1. The minimum absolute atomic E-state index is 0.0467. The van der Waals surface area contributed by atoms with Gasteiger partial charge in [0.2, 0.25) is 0 Å². The zero-order valence-corrected chi connectivity index (χ0v) is 12.5. The highest BCUT2D eigenvalue weighted by atomic mass is 35.5. The molecule has 1 N–H and O–H groups in total. The Bertz CT molecular complexity index is 511. The summed E-state index contributed by atoms with van der Waals surface area (Å²) in [6.45, 7) is 5.31. The molecule has 0 aliphatic carbocycles. The third-order valence-corrected chi connectivity index (χ3v) is 3.54. The van der Waals surface area contributed by atoms with Crippen LogP contribution in [-0.2, 0) is 11.2 Å². The van der Waals surface area contributed by atoms with Crippen molar-refractivity contribution >= 4 is 17.6 Å². The molecule has 0 spiro atoms. The molecule has 110 valence electrons. The molecule has 0 aromatic heterocycles. The van der Waals surface area contributed by atoms with Crippen molar-refractivity contribution in [3.8, 4) is 11.5 Å². The molecule has 1 aliphatic rings. The molecule has 0 fully saturated rings. The van der Waals surface area contributed by atoms with Gasteiger partial charge in [0.25, 0.3) is 0 Å². The third-order valence-electron chi connectivity index (χ3n) is 3.19. The van der Waals surface area contributed by atoms with Gasteiger partial charge < -0.3 is 14.6 Å². The molecule has 0 bridgehead atoms. The molecule has 1 aliphatic heterocycles. The van der Waals surface area contributed by atoms with Crippen LogP contribution in [0.5, 0.6) is 11.5 Å². The predicted molar refractivity (Wildman–Crippen MR) is 76.8 cm³/mol. The molecule has 1 aromatic rings. The normalized spacial score (nSPS) is 16.6. The van der Waals surface area contributed by atoms with E-state index in [1.54, 1.807) is 6.07 Å². The molecule has 5 heteroatoms. The molecule has 20 heavy (non-hydrogen) atoms. The summed E-state index contributed by atoms with van der Waals surface area (Å²) in [5, 5.41) is 9.26. The fourth-order valence-corrected chi connectivity index (χ4v) is 2.26. The number of halogens is 1. The predicted octanol–water partition coefficient (Wildman–Crippen LogP) is 3.54. The second-order valence-corrected chi connectivity index (χ2v) is 6.29. The Morgan fingerprint density at radius 1 is 1.30 bits per heavy atom. The van der Waals surface area contributed by atoms with Gasteiger partial charge in [-0.05, 0) is 24.5 Å². The van der Waals surface area contributed by atoms with Gasteiger partial charge in [0.1, 0.15) is 0 Å². The van der Waals surface area contributed by atoms with Gasteiger partial charge in [-0.1, -0.05) is 25.4 Å². The Hall–Kier alpha value is -1.42. The van der Waals surface area contributed by atoms with Gasteiger partial charge in [-0.2, -0.15) is 0 Å². The fourth-order valence-electron chi connectivity index (χ4n) is 2.01. The smallest absolute Gasteiger partial charge is 0.303 e. The number of hydrogen-bond acceptors (Lipinski definition) is 3. The summed E-state index contributed by atoms with van der Waals surface area (Å²) in [5.41, 5.74) is 0.851. The lowest BCUT2D eigenvalue weighted by atomic mass is 9.97. The second kappa shape index (κ2) is 5.92. The largest absolute Gasteiger partial charge is 0.489 e. The molecule has 4 nitrogen and oxygen atoms in total. The molecular formula is C15H19ClO4. The first-order valence-electron chi connectivity index (χ1n) is 6.67. The van der Waals surface area contributed by atoms with Gasteiger partial charge in [0, 0.05) is 22.9 Å². The molecule has 1 heterocycles. The number of benzene rings is 1. The van der Waals surface area contributed by atoms with E-state index in [1.807, 2.05) is 6.07 Å². The van der Waals surface area contributed by atoms with Crippen molar-refractivity contribution in [2.75, 3.05) is 13.2 Å². The van der Waals surface area contributed by atoms with Crippen molar-refractivity contribution in [3.05, 3.63) is 22.7 Å². The highest BCUT2D eigenvalue weighted by Crippen LogP contribution is 2.38. The van der Waals surface area contributed by atoms with E-state index in [9.17, 15) is 4.79 Å². The van der Waals surface area contributed by atoms with E-state index in [-0.39, 0.29) is 11.8 Å². The molecule has 1 aromatic carbocycles. The number of carboxylic acids is 1. The Morgan fingerprint density at radius 2 is 1.90 bits per heavy atom. The molecule has 0 saturated heterocycles.